The first-order chi connectivity index (χ1) is 16.7. The van der Waals surface area contributed by atoms with Crippen molar-refractivity contribution in [1.29, 1.82) is 0 Å². The standard InChI is InChI=1S/C26H33N3O5S/c1-19-16-28(17-20(2)34-19)26(31)22-12-10-21(11-13-22)15-27-25(30)23-7-6-14-29(18-23)35(32,33)24-8-4-3-5-9-24/h3-5,8-13,19-20,23H,6-7,14-18H2,1-2H3,(H,27,30). The van der Waals surface area contributed by atoms with Gasteiger partial charge in [-0.15, -0.1) is 0 Å². The summed E-state index contributed by atoms with van der Waals surface area (Å²) in [7, 11) is -3.62. The van der Waals surface area contributed by atoms with Crippen molar-refractivity contribution in [2.24, 2.45) is 5.92 Å². The fourth-order valence-electron chi connectivity index (χ4n) is 4.74. The largest absolute Gasteiger partial charge is 0.372 e. The summed E-state index contributed by atoms with van der Waals surface area (Å²) in [6, 6.07) is 15.6. The molecule has 4 rings (SSSR count). The van der Waals surface area contributed by atoms with Gasteiger partial charge in [0.25, 0.3) is 5.91 Å². The fourth-order valence-corrected chi connectivity index (χ4v) is 6.29. The molecule has 2 aliphatic rings. The smallest absolute Gasteiger partial charge is 0.254 e. The molecule has 188 valence electrons. The molecular weight excluding hydrogens is 466 g/mol. The van der Waals surface area contributed by atoms with Crippen LogP contribution in [0.1, 0.15) is 42.6 Å². The molecule has 0 saturated carbocycles. The number of amides is 2. The van der Waals surface area contributed by atoms with Gasteiger partial charge in [0.1, 0.15) is 0 Å². The summed E-state index contributed by atoms with van der Waals surface area (Å²) >= 11 is 0. The Morgan fingerprint density at radius 1 is 0.971 bits per heavy atom. The first-order valence-electron chi connectivity index (χ1n) is 12.1. The number of morpholine rings is 1. The number of benzene rings is 2. The maximum absolute atomic E-state index is 12.9. The third-order valence-corrected chi connectivity index (χ3v) is 8.39. The number of carbonyl (C=O) groups is 2. The van der Waals surface area contributed by atoms with Gasteiger partial charge in [-0.25, -0.2) is 8.42 Å². The molecule has 1 N–H and O–H groups in total. The predicted octanol–water partition coefficient (Wildman–Crippen LogP) is 2.65. The molecule has 0 aromatic heterocycles. The van der Waals surface area contributed by atoms with E-state index in [1.54, 1.807) is 42.5 Å². The van der Waals surface area contributed by atoms with Gasteiger partial charge in [0.05, 0.1) is 23.0 Å². The van der Waals surface area contributed by atoms with E-state index in [9.17, 15) is 18.0 Å². The monoisotopic (exact) mass is 499 g/mol. The second-order valence-electron chi connectivity index (χ2n) is 9.40. The van der Waals surface area contributed by atoms with Crippen LogP contribution in [0.25, 0.3) is 0 Å². The normalized spacial score (nSPS) is 23.6. The highest BCUT2D eigenvalue weighted by molar-refractivity contribution is 7.89. The van der Waals surface area contributed by atoms with E-state index in [1.165, 1.54) is 4.31 Å². The molecule has 35 heavy (non-hydrogen) atoms. The Balaban J connectivity index is 1.31. The lowest BCUT2D eigenvalue weighted by atomic mass is 9.98. The van der Waals surface area contributed by atoms with E-state index in [4.69, 9.17) is 4.74 Å². The summed E-state index contributed by atoms with van der Waals surface area (Å²) in [6.07, 6.45) is 1.31. The van der Waals surface area contributed by atoms with Crippen molar-refractivity contribution < 1.29 is 22.7 Å². The minimum Gasteiger partial charge on any atom is -0.372 e. The minimum atomic E-state index is -3.62. The molecule has 3 atom stereocenters. The van der Waals surface area contributed by atoms with Crippen molar-refractivity contribution in [3.8, 4) is 0 Å². The van der Waals surface area contributed by atoms with Gasteiger partial charge in [-0.05, 0) is 56.5 Å². The van der Waals surface area contributed by atoms with E-state index in [1.807, 2.05) is 30.9 Å². The number of sulfonamides is 1. The van der Waals surface area contributed by atoms with E-state index in [0.717, 1.165) is 5.56 Å². The van der Waals surface area contributed by atoms with Crippen molar-refractivity contribution in [2.75, 3.05) is 26.2 Å². The Morgan fingerprint density at radius 3 is 2.29 bits per heavy atom. The lowest BCUT2D eigenvalue weighted by Crippen LogP contribution is -2.48. The highest BCUT2D eigenvalue weighted by Crippen LogP contribution is 2.24. The summed E-state index contributed by atoms with van der Waals surface area (Å²) in [6.45, 7) is 5.97. The number of nitrogens with zero attached hydrogens (tertiary/aromatic N) is 2. The third kappa shape index (κ3) is 6.09. The topological polar surface area (TPSA) is 96.0 Å². The Bertz CT molecular complexity index is 1130. The van der Waals surface area contributed by atoms with Gasteiger partial charge in [0, 0.05) is 38.3 Å². The zero-order valence-corrected chi connectivity index (χ0v) is 21.0. The molecule has 2 amide bonds. The van der Waals surface area contributed by atoms with Gasteiger partial charge in [-0.2, -0.15) is 4.31 Å². The van der Waals surface area contributed by atoms with Crippen molar-refractivity contribution >= 4 is 21.8 Å². The molecule has 2 fully saturated rings. The first kappa shape index (κ1) is 25.3. The average molecular weight is 500 g/mol. The van der Waals surface area contributed by atoms with Crippen LogP contribution in [0, 0.1) is 5.92 Å². The number of nitrogens with one attached hydrogen (secondary N) is 1. The molecule has 8 nitrogen and oxygen atoms in total. The van der Waals surface area contributed by atoms with Crippen LogP contribution < -0.4 is 5.32 Å². The average Bonchev–Trinajstić information content (AvgIpc) is 2.87. The lowest BCUT2D eigenvalue weighted by Gasteiger charge is -2.35. The van der Waals surface area contributed by atoms with E-state index in [0.29, 0.717) is 44.6 Å². The van der Waals surface area contributed by atoms with Gasteiger partial charge in [0.15, 0.2) is 0 Å². The van der Waals surface area contributed by atoms with E-state index < -0.39 is 15.9 Å². The number of carbonyl (C=O) groups excluding carboxylic acids is 2. The van der Waals surface area contributed by atoms with Gasteiger partial charge >= 0.3 is 0 Å². The molecule has 0 bridgehead atoms. The van der Waals surface area contributed by atoms with Crippen molar-refractivity contribution in [3.05, 3.63) is 65.7 Å². The van der Waals surface area contributed by atoms with Gasteiger partial charge < -0.3 is 15.0 Å². The second-order valence-corrected chi connectivity index (χ2v) is 11.3. The molecule has 2 aliphatic heterocycles. The summed E-state index contributed by atoms with van der Waals surface area (Å²) in [5.74, 6) is -0.577. The summed E-state index contributed by atoms with van der Waals surface area (Å²) in [5.41, 5.74) is 1.48. The molecule has 2 aromatic rings. The minimum absolute atomic E-state index is 0.00979. The summed E-state index contributed by atoms with van der Waals surface area (Å²) in [5, 5.41) is 2.93. The van der Waals surface area contributed by atoms with Crippen LogP contribution in [-0.2, 0) is 26.1 Å². The summed E-state index contributed by atoms with van der Waals surface area (Å²) in [4.78, 5) is 27.7. The maximum Gasteiger partial charge on any atom is 0.254 e. The van der Waals surface area contributed by atoms with Gasteiger partial charge in [-0.1, -0.05) is 30.3 Å². The van der Waals surface area contributed by atoms with Gasteiger partial charge in [0.2, 0.25) is 15.9 Å². The van der Waals surface area contributed by atoms with Crippen molar-refractivity contribution in [1.82, 2.24) is 14.5 Å². The lowest BCUT2D eigenvalue weighted by molar-refractivity contribution is -0.126. The van der Waals surface area contributed by atoms with Crippen molar-refractivity contribution in [2.45, 2.75) is 50.3 Å². The zero-order chi connectivity index (χ0) is 25.0. The molecule has 9 heteroatoms. The highest BCUT2D eigenvalue weighted by Gasteiger charge is 2.33. The SMILES string of the molecule is CC1CN(C(=O)c2ccc(CNC(=O)C3CCCN(S(=O)(=O)c4ccccc4)C3)cc2)CC(C)O1. The van der Waals surface area contributed by atoms with Crippen LogP contribution in [0.5, 0.6) is 0 Å². The molecule has 2 saturated heterocycles. The molecular formula is C26H33N3O5S. The maximum atomic E-state index is 12.9. The van der Waals surface area contributed by atoms with E-state index in [-0.39, 0.29) is 35.5 Å². The predicted molar refractivity (Wildman–Crippen MR) is 132 cm³/mol. The molecule has 0 radical (unpaired) electrons. The van der Waals surface area contributed by atoms with Crippen LogP contribution in [0.2, 0.25) is 0 Å². The number of rotatable bonds is 6. The number of hydrogen-bond acceptors (Lipinski definition) is 5. The number of piperidine rings is 1. The Kier molecular flexibility index (Phi) is 7.88. The molecule has 3 unspecified atom stereocenters. The summed E-state index contributed by atoms with van der Waals surface area (Å²) < 4.78 is 33.0. The van der Waals surface area contributed by atoms with Crippen LogP contribution >= 0.6 is 0 Å². The first-order valence-corrected chi connectivity index (χ1v) is 13.5. The number of ether oxygens (including phenoxy) is 1. The second kappa shape index (κ2) is 10.9. The van der Waals surface area contributed by atoms with Crippen LogP contribution in [0.15, 0.2) is 59.5 Å². The molecule has 2 heterocycles. The van der Waals surface area contributed by atoms with Crippen LogP contribution in [0.3, 0.4) is 0 Å². The zero-order valence-electron chi connectivity index (χ0n) is 20.2. The third-order valence-electron chi connectivity index (χ3n) is 6.51. The number of hydrogen-bond donors (Lipinski definition) is 1. The van der Waals surface area contributed by atoms with Crippen LogP contribution in [-0.4, -0.2) is 67.8 Å². The van der Waals surface area contributed by atoms with Crippen LogP contribution in [0.4, 0.5) is 0 Å². The Hall–Kier alpha value is -2.75. The highest BCUT2D eigenvalue weighted by atomic mass is 32.2. The molecule has 0 aliphatic carbocycles. The van der Waals surface area contributed by atoms with Gasteiger partial charge in [-0.3, -0.25) is 9.59 Å². The van der Waals surface area contributed by atoms with Crippen molar-refractivity contribution in [3.63, 3.8) is 0 Å². The molecule has 2 aromatic carbocycles. The van der Waals surface area contributed by atoms with E-state index in [2.05, 4.69) is 5.32 Å². The fraction of sp³-hybridized carbons (Fsp3) is 0.462. The Morgan fingerprint density at radius 2 is 1.63 bits per heavy atom. The molecule has 0 spiro atoms. The Labute approximate surface area is 207 Å². The quantitative estimate of drug-likeness (QED) is 0.659. The van der Waals surface area contributed by atoms with E-state index >= 15 is 0 Å².